The summed E-state index contributed by atoms with van der Waals surface area (Å²) in [6.07, 6.45) is 2.08. The molecular weight excluding hydrogens is 268 g/mol. The molecule has 2 rings (SSSR count). The van der Waals surface area contributed by atoms with Gasteiger partial charge in [0.2, 0.25) is 10.0 Å². The Morgan fingerprint density at radius 2 is 1.95 bits per heavy atom. The van der Waals surface area contributed by atoms with Crippen LogP contribution in [-0.2, 0) is 10.0 Å². The summed E-state index contributed by atoms with van der Waals surface area (Å²) >= 11 is 0. The first-order valence-corrected chi connectivity index (χ1v) is 8.24. The lowest BCUT2D eigenvalue weighted by Gasteiger charge is -2.36. The van der Waals surface area contributed by atoms with Crippen LogP contribution in [0.4, 0.5) is 0 Å². The van der Waals surface area contributed by atoms with Gasteiger partial charge in [-0.05, 0) is 25.7 Å². The van der Waals surface area contributed by atoms with Crippen LogP contribution in [0.15, 0.2) is 5.16 Å². The monoisotopic (exact) mass is 290 g/mol. The number of hydrogen-bond donors (Lipinski definition) is 2. The first kappa shape index (κ1) is 14.5. The smallest absolute Gasteiger partial charge is 0.214 e. The van der Waals surface area contributed by atoms with E-state index >= 15 is 0 Å². The molecule has 0 spiro atoms. The highest BCUT2D eigenvalue weighted by atomic mass is 32.2. The Hall–Kier alpha value is -0.860. The zero-order valence-electron chi connectivity index (χ0n) is 11.2. The summed E-state index contributed by atoms with van der Waals surface area (Å²) in [5.74, 6) is 0.830. The Bertz CT molecular complexity index is 439. The fourth-order valence-electron chi connectivity index (χ4n) is 2.33. The largest absolute Gasteiger partial charge is 0.409 e. The van der Waals surface area contributed by atoms with Crippen molar-refractivity contribution in [3.63, 3.8) is 0 Å². The van der Waals surface area contributed by atoms with Gasteiger partial charge in [-0.2, -0.15) is 4.31 Å². The number of oxime groups is 1. The van der Waals surface area contributed by atoms with Gasteiger partial charge in [-0.15, -0.1) is 0 Å². The molecule has 0 aromatic carbocycles. The van der Waals surface area contributed by atoms with E-state index in [9.17, 15) is 8.42 Å². The molecule has 2 fully saturated rings. The molecule has 1 aliphatic carbocycles. The molecule has 3 N–H and O–H groups in total. The van der Waals surface area contributed by atoms with Gasteiger partial charge in [-0.3, -0.25) is 4.90 Å². The highest BCUT2D eigenvalue weighted by Crippen LogP contribution is 2.31. The van der Waals surface area contributed by atoms with Crippen molar-refractivity contribution >= 4 is 15.9 Å². The van der Waals surface area contributed by atoms with Crippen LogP contribution in [-0.4, -0.2) is 66.6 Å². The molecule has 19 heavy (non-hydrogen) atoms. The van der Waals surface area contributed by atoms with Gasteiger partial charge < -0.3 is 10.9 Å². The van der Waals surface area contributed by atoms with Crippen molar-refractivity contribution in [1.82, 2.24) is 9.21 Å². The molecule has 1 unspecified atom stereocenters. The quantitative estimate of drug-likeness (QED) is 0.307. The Balaban J connectivity index is 1.88. The van der Waals surface area contributed by atoms with Crippen LogP contribution in [0, 0.1) is 5.92 Å². The maximum absolute atomic E-state index is 12.1. The molecule has 8 heteroatoms. The van der Waals surface area contributed by atoms with Crippen molar-refractivity contribution < 1.29 is 13.6 Å². The zero-order chi connectivity index (χ0) is 14.0. The van der Waals surface area contributed by atoms with Crippen LogP contribution >= 0.6 is 0 Å². The molecule has 1 saturated heterocycles. The van der Waals surface area contributed by atoms with Gasteiger partial charge in [0.05, 0.1) is 11.8 Å². The number of amidine groups is 1. The lowest BCUT2D eigenvalue weighted by Crippen LogP contribution is -2.54. The van der Waals surface area contributed by atoms with E-state index in [1.165, 1.54) is 0 Å². The molecule has 0 radical (unpaired) electrons. The van der Waals surface area contributed by atoms with Gasteiger partial charge >= 0.3 is 0 Å². The second-order valence-corrected chi connectivity index (χ2v) is 7.37. The second-order valence-electron chi connectivity index (χ2n) is 5.36. The zero-order valence-corrected chi connectivity index (χ0v) is 12.0. The number of nitrogens with zero attached hydrogens (tertiary/aromatic N) is 3. The molecular formula is C11H22N4O3S. The molecule has 0 aromatic rings. The van der Waals surface area contributed by atoms with E-state index in [4.69, 9.17) is 10.9 Å². The summed E-state index contributed by atoms with van der Waals surface area (Å²) in [5.41, 5.74) is 5.57. The highest BCUT2D eigenvalue weighted by molar-refractivity contribution is 7.89. The van der Waals surface area contributed by atoms with E-state index in [0.29, 0.717) is 37.8 Å². The first-order valence-electron chi connectivity index (χ1n) is 6.63. The van der Waals surface area contributed by atoms with Gasteiger partial charge in [0, 0.05) is 26.2 Å². The standard InChI is InChI=1S/C11H22N4O3S/c1-9(11(12)13-16)14-4-6-15(7-5-14)19(17,18)8-10-2-3-10/h9-10,16H,2-8H2,1H3,(H2,12,13). The van der Waals surface area contributed by atoms with Crippen LogP contribution in [0.25, 0.3) is 0 Å². The minimum atomic E-state index is -3.10. The summed E-state index contributed by atoms with van der Waals surface area (Å²) in [6, 6.07) is -0.168. The minimum absolute atomic E-state index is 0.161. The third kappa shape index (κ3) is 3.58. The number of hydrogen-bond acceptors (Lipinski definition) is 5. The summed E-state index contributed by atoms with van der Waals surface area (Å²) < 4.78 is 25.8. The maximum Gasteiger partial charge on any atom is 0.214 e. The molecule has 1 saturated carbocycles. The first-order chi connectivity index (χ1) is 8.94. The lowest BCUT2D eigenvalue weighted by atomic mass is 10.2. The number of sulfonamides is 1. The average molecular weight is 290 g/mol. The van der Waals surface area contributed by atoms with Crippen molar-refractivity contribution in [2.75, 3.05) is 31.9 Å². The van der Waals surface area contributed by atoms with E-state index in [-0.39, 0.29) is 11.9 Å². The van der Waals surface area contributed by atoms with Crippen LogP contribution in [0.3, 0.4) is 0 Å². The fourth-order valence-corrected chi connectivity index (χ4v) is 4.19. The lowest BCUT2D eigenvalue weighted by molar-refractivity contribution is 0.171. The van der Waals surface area contributed by atoms with Gasteiger partial charge in [0.25, 0.3) is 0 Å². The van der Waals surface area contributed by atoms with Crippen molar-refractivity contribution in [1.29, 1.82) is 0 Å². The Morgan fingerprint density at radius 3 is 2.42 bits per heavy atom. The molecule has 7 nitrogen and oxygen atoms in total. The predicted molar refractivity (Wildman–Crippen MR) is 72.5 cm³/mol. The van der Waals surface area contributed by atoms with Gasteiger partial charge in [0.15, 0.2) is 5.84 Å². The summed E-state index contributed by atoms with van der Waals surface area (Å²) in [6.45, 7) is 4.04. The van der Waals surface area contributed by atoms with Crippen LogP contribution < -0.4 is 5.73 Å². The normalized spacial score (nSPS) is 25.4. The Morgan fingerprint density at radius 1 is 1.37 bits per heavy atom. The Kier molecular flexibility index (Phi) is 4.32. The van der Waals surface area contributed by atoms with E-state index in [0.717, 1.165) is 12.8 Å². The number of rotatable bonds is 5. The minimum Gasteiger partial charge on any atom is -0.409 e. The topological polar surface area (TPSA) is 99.2 Å². The van der Waals surface area contributed by atoms with E-state index in [1.54, 1.807) is 4.31 Å². The SMILES string of the molecule is CC(C(N)=NO)N1CCN(S(=O)(=O)CC2CC2)CC1. The van der Waals surface area contributed by atoms with Gasteiger partial charge in [-0.1, -0.05) is 5.16 Å². The molecule has 1 heterocycles. The molecule has 110 valence electrons. The van der Waals surface area contributed by atoms with Crippen LogP contribution in [0.5, 0.6) is 0 Å². The number of nitrogens with two attached hydrogens (primary N) is 1. The van der Waals surface area contributed by atoms with Crippen molar-refractivity contribution in [2.45, 2.75) is 25.8 Å². The third-order valence-electron chi connectivity index (χ3n) is 3.90. The second kappa shape index (κ2) is 5.64. The van der Waals surface area contributed by atoms with Crippen molar-refractivity contribution in [3.05, 3.63) is 0 Å². The Labute approximate surface area is 114 Å². The van der Waals surface area contributed by atoms with Gasteiger partial charge in [0.1, 0.15) is 0 Å². The van der Waals surface area contributed by atoms with Crippen LogP contribution in [0.2, 0.25) is 0 Å². The van der Waals surface area contributed by atoms with Crippen molar-refractivity contribution in [2.24, 2.45) is 16.8 Å². The predicted octanol–water partition coefficient (Wildman–Crippen LogP) is -0.521. The van der Waals surface area contributed by atoms with Crippen molar-refractivity contribution in [3.8, 4) is 0 Å². The number of piperazine rings is 1. The molecule has 0 aromatic heterocycles. The summed E-state index contributed by atoms with van der Waals surface area (Å²) in [5, 5.41) is 11.7. The fraction of sp³-hybridized carbons (Fsp3) is 0.909. The molecule has 0 amide bonds. The van der Waals surface area contributed by atoms with E-state index < -0.39 is 10.0 Å². The molecule has 1 aliphatic heterocycles. The molecule has 2 aliphatic rings. The highest BCUT2D eigenvalue weighted by Gasteiger charge is 2.34. The third-order valence-corrected chi connectivity index (χ3v) is 5.95. The van der Waals surface area contributed by atoms with E-state index in [2.05, 4.69) is 5.16 Å². The van der Waals surface area contributed by atoms with Crippen LogP contribution in [0.1, 0.15) is 19.8 Å². The van der Waals surface area contributed by atoms with E-state index in [1.807, 2.05) is 11.8 Å². The summed E-state index contributed by atoms with van der Waals surface area (Å²) in [7, 11) is -3.10. The maximum atomic E-state index is 12.1. The molecule has 1 atom stereocenters. The van der Waals surface area contributed by atoms with Gasteiger partial charge in [-0.25, -0.2) is 8.42 Å². The molecule has 0 bridgehead atoms. The summed E-state index contributed by atoms with van der Waals surface area (Å²) in [4.78, 5) is 2.03. The average Bonchev–Trinajstić information content (AvgIpc) is 3.20.